The van der Waals surface area contributed by atoms with Gasteiger partial charge >= 0.3 is 0 Å². The van der Waals surface area contributed by atoms with Crippen molar-refractivity contribution in [3.63, 3.8) is 0 Å². The zero-order valence-electron chi connectivity index (χ0n) is 11.7. The van der Waals surface area contributed by atoms with Gasteiger partial charge in [0.25, 0.3) is 0 Å². The Morgan fingerprint density at radius 1 is 1.25 bits per heavy atom. The van der Waals surface area contributed by atoms with Crippen molar-refractivity contribution < 1.29 is 4.79 Å². The van der Waals surface area contributed by atoms with Gasteiger partial charge in [0, 0.05) is 25.2 Å². The Balaban J connectivity index is 2.26. The molecule has 0 saturated carbocycles. The second-order valence-corrected chi connectivity index (χ2v) is 4.61. The summed E-state index contributed by atoms with van der Waals surface area (Å²) < 4.78 is 0. The molecule has 0 radical (unpaired) electrons. The van der Waals surface area contributed by atoms with E-state index < -0.39 is 0 Å². The van der Waals surface area contributed by atoms with Crippen molar-refractivity contribution >= 4 is 17.8 Å². The van der Waals surface area contributed by atoms with Crippen LogP contribution in [0.25, 0.3) is 11.4 Å². The number of hydrogen-bond acceptors (Lipinski definition) is 4. The fourth-order valence-corrected chi connectivity index (χ4v) is 1.60. The topological polar surface area (TPSA) is 58.5 Å². The second-order valence-electron chi connectivity index (χ2n) is 4.61. The molecule has 0 aliphatic carbocycles. The normalized spacial score (nSPS) is 10.8. The maximum absolute atomic E-state index is 11.4. The van der Waals surface area contributed by atoms with E-state index in [2.05, 4.69) is 15.0 Å². The number of Topliss-reactive ketones (excluding diaryl/α,β-unsaturated/α-hetero) is 1. The lowest BCUT2D eigenvalue weighted by molar-refractivity contribution is 0.101. The molecule has 2 rings (SSSR count). The van der Waals surface area contributed by atoms with E-state index in [1.807, 2.05) is 31.1 Å². The van der Waals surface area contributed by atoms with E-state index in [9.17, 15) is 4.79 Å². The molecule has 5 heteroatoms. The van der Waals surface area contributed by atoms with Crippen molar-refractivity contribution in [2.45, 2.75) is 6.92 Å². The predicted molar refractivity (Wildman–Crippen MR) is 79.3 cm³/mol. The van der Waals surface area contributed by atoms with Gasteiger partial charge in [-0.25, -0.2) is 15.0 Å². The maximum atomic E-state index is 11.4. The van der Waals surface area contributed by atoms with Gasteiger partial charge in [0.15, 0.2) is 11.6 Å². The summed E-state index contributed by atoms with van der Waals surface area (Å²) in [4.78, 5) is 26.0. The number of nitrogens with zero attached hydrogens (tertiary/aromatic N) is 4. The van der Waals surface area contributed by atoms with E-state index in [-0.39, 0.29) is 5.78 Å². The molecule has 1 heterocycles. The van der Waals surface area contributed by atoms with Crippen LogP contribution < -0.4 is 0 Å². The first kappa shape index (κ1) is 13.9. The monoisotopic (exact) mass is 268 g/mol. The Bertz CT molecular complexity index is 633. The molecule has 0 amide bonds. The lowest BCUT2D eigenvalue weighted by atomic mass is 10.1. The Hall–Kier alpha value is -2.56. The first-order valence-corrected chi connectivity index (χ1v) is 6.20. The predicted octanol–water partition coefficient (Wildman–Crippen LogP) is 2.57. The van der Waals surface area contributed by atoms with Crippen molar-refractivity contribution in [2.75, 3.05) is 14.1 Å². The van der Waals surface area contributed by atoms with Crippen molar-refractivity contribution in [3.8, 4) is 11.4 Å². The zero-order valence-corrected chi connectivity index (χ0v) is 11.7. The summed E-state index contributed by atoms with van der Waals surface area (Å²) in [6, 6.07) is 7.28. The largest absolute Gasteiger partial charge is 0.369 e. The Labute approximate surface area is 118 Å². The summed E-state index contributed by atoms with van der Waals surface area (Å²) in [5.74, 6) is 0.607. The molecule has 5 nitrogen and oxygen atoms in total. The average molecular weight is 268 g/mol. The van der Waals surface area contributed by atoms with Gasteiger partial charge in [-0.2, -0.15) is 0 Å². The summed E-state index contributed by atoms with van der Waals surface area (Å²) in [6.45, 7) is 1.54. The standard InChI is InChI=1S/C15H16N4O/c1-11(20)12-5-4-6-13(7-12)15-16-8-14(9-17-15)18-10-19(2)3/h4-10H,1-3H3. The summed E-state index contributed by atoms with van der Waals surface area (Å²) in [5, 5.41) is 0. The van der Waals surface area contributed by atoms with Gasteiger partial charge in [0.1, 0.15) is 5.69 Å². The third kappa shape index (κ3) is 3.47. The van der Waals surface area contributed by atoms with Crippen molar-refractivity contribution in [2.24, 2.45) is 4.99 Å². The van der Waals surface area contributed by atoms with Crippen molar-refractivity contribution in [3.05, 3.63) is 42.2 Å². The van der Waals surface area contributed by atoms with Crippen LogP contribution in [-0.4, -0.2) is 41.1 Å². The van der Waals surface area contributed by atoms with Crippen LogP contribution in [0.15, 0.2) is 41.7 Å². The molecule has 0 atom stereocenters. The van der Waals surface area contributed by atoms with Gasteiger partial charge in [-0.15, -0.1) is 0 Å². The van der Waals surface area contributed by atoms with Crippen molar-refractivity contribution in [1.29, 1.82) is 0 Å². The molecule has 0 saturated heterocycles. The van der Waals surface area contributed by atoms with Crippen LogP contribution >= 0.6 is 0 Å². The lowest BCUT2D eigenvalue weighted by Crippen LogP contribution is -2.07. The first-order valence-electron chi connectivity index (χ1n) is 6.20. The third-order valence-corrected chi connectivity index (χ3v) is 2.60. The van der Waals surface area contributed by atoms with E-state index in [4.69, 9.17) is 0 Å². The minimum absolute atomic E-state index is 0.0269. The van der Waals surface area contributed by atoms with E-state index in [1.165, 1.54) is 0 Å². The number of aromatic nitrogens is 2. The number of aliphatic imine (C=N–C) groups is 1. The van der Waals surface area contributed by atoms with Crippen LogP contribution in [0.5, 0.6) is 0 Å². The van der Waals surface area contributed by atoms with Gasteiger partial charge in [-0.1, -0.05) is 18.2 Å². The number of hydrogen-bond donors (Lipinski definition) is 0. The van der Waals surface area contributed by atoms with Crippen molar-refractivity contribution in [1.82, 2.24) is 14.9 Å². The fraction of sp³-hybridized carbons (Fsp3) is 0.200. The summed E-state index contributed by atoms with van der Waals surface area (Å²) in [7, 11) is 3.79. The zero-order chi connectivity index (χ0) is 14.5. The van der Waals surface area contributed by atoms with E-state index in [0.717, 1.165) is 5.56 Å². The molecule has 0 aliphatic heterocycles. The highest BCUT2D eigenvalue weighted by atomic mass is 16.1. The van der Waals surface area contributed by atoms with Gasteiger partial charge in [0.2, 0.25) is 0 Å². The third-order valence-electron chi connectivity index (χ3n) is 2.60. The summed E-state index contributed by atoms with van der Waals surface area (Å²) in [5.41, 5.74) is 2.16. The van der Waals surface area contributed by atoms with Crippen LogP contribution in [-0.2, 0) is 0 Å². The molecule has 1 aromatic heterocycles. The minimum atomic E-state index is 0.0269. The minimum Gasteiger partial charge on any atom is -0.369 e. The van der Waals surface area contributed by atoms with Gasteiger partial charge < -0.3 is 4.90 Å². The van der Waals surface area contributed by atoms with Crippen LogP contribution in [0.1, 0.15) is 17.3 Å². The molecule has 0 spiro atoms. The Morgan fingerprint density at radius 3 is 2.55 bits per heavy atom. The molecule has 0 unspecified atom stereocenters. The Kier molecular flexibility index (Phi) is 4.20. The SMILES string of the molecule is CC(=O)c1cccc(-c2ncc(N=CN(C)C)cn2)c1. The highest BCUT2D eigenvalue weighted by molar-refractivity contribution is 5.95. The van der Waals surface area contributed by atoms with Gasteiger partial charge in [0.05, 0.1) is 18.7 Å². The quantitative estimate of drug-likeness (QED) is 0.486. The highest BCUT2D eigenvalue weighted by Crippen LogP contribution is 2.18. The molecular formula is C15H16N4O. The molecule has 0 fully saturated rings. The number of carbonyl (C=O) groups excluding carboxylic acids is 1. The number of benzene rings is 1. The molecule has 0 bridgehead atoms. The number of carbonyl (C=O) groups is 1. The fourth-order valence-electron chi connectivity index (χ4n) is 1.60. The molecule has 2 aromatic rings. The van der Waals surface area contributed by atoms with Gasteiger partial charge in [-0.05, 0) is 13.0 Å². The van der Waals surface area contributed by atoms with E-state index in [0.29, 0.717) is 17.1 Å². The molecule has 1 aromatic carbocycles. The van der Waals surface area contributed by atoms with Crippen LogP contribution in [0.2, 0.25) is 0 Å². The van der Waals surface area contributed by atoms with E-state index in [1.54, 1.807) is 37.8 Å². The molecular weight excluding hydrogens is 252 g/mol. The smallest absolute Gasteiger partial charge is 0.159 e. The molecule has 20 heavy (non-hydrogen) atoms. The Morgan fingerprint density at radius 2 is 1.95 bits per heavy atom. The van der Waals surface area contributed by atoms with Crippen LogP contribution in [0, 0.1) is 0 Å². The lowest BCUT2D eigenvalue weighted by Gasteiger charge is -2.03. The average Bonchev–Trinajstić information content (AvgIpc) is 2.46. The molecule has 0 N–H and O–H groups in total. The second kappa shape index (κ2) is 6.06. The number of ketones is 1. The highest BCUT2D eigenvalue weighted by Gasteiger charge is 2.04. The summed E-state index contributed by atoms with van der Waals surface area (Å²) >= 11 is 0. The maximum Gasteiger partial charge on any atom is 0.159 e. The first-order chi connectivity index (χ1) is 9.56. The summed E-state index contributed by atoms with van der Waals surface area (Å²) in [6.07, 6.45) is 5.00. The number of rotatable bonds is 4. The van der Waals surface area contributed by atoms with Crippen LogP contribution in [0.4, 0.5) is 5.69 Å². The molecule has 0 aliphatic rings. The van der Waals surface area contributed by atoms with Gasteiger partial charge in [-0.3, -0.25) is 4.79 Å². The molecule has 102 valence electrons. The van der Waals surface area contributed by atoms with E-state index >= 15 is 0 Å². The van der Waals surface area contributed by atoms with Crippen LogP contribution in [0.3, 0.4) is 0 Å².